The quantitative estimate of drug-likeness (QED) is 0.850. The molecule has 1 saturated heterocycles. The first-order valence-corrected chi connectivity index (χ1v) is 6.28. The third-order valence-corrected chi connectivity index (χ3v) is 3.32. The molecule has 17 heavy (non-hydrogen) atoms. The van der Waals surface area contributed by atoms with Crippen molar-refractivity contribution < 1.29 is 9.47 Å². The van der Waals surface area contributed by atoms with Crippen molar-refractivity contribution in [2.24, 2.45) is 5.92 Å². The van der Waals surface area contributed by atoms with Crippen LogP contribution in [-0.4, -0.2) is 26.9 Å². The van der Waals surface area contributed by atoms with Crippen molar-refractivity contribution >= 4 is 0 Å². The molecule has 0 radical (unpaired) electrons. The maximum atomic E-state index is 5.92. The Kier molecular flexibility index (Phi) is 4.40. The van der Waals surface area contributed by atoms with E-state index in [2.05, 4.69) is 24.4 Å². The van der Waals surface area contributed by atoms with Crippen molar-refractivity contribution in [3.63, 3.8) is 0 Å². The zero-order chi connectivity index (χ0) is 12.1. The van der Waals surface area contributed by atoms with Gasteiger partial charge in [-0.2, -0.15) is 0 Å². The van der Waals surface area contributed by atoms with Crippen LogP contribution in [0.25, 0.3) is 0 Å². The van der Waals surface area contributed by atoms with Crippen molar-refractivity contribution in [2.45, 2.75) is 19.4 Å². The first kappa shape index (κ1) is 12.4. The summed E-state index contributed by atoms with van der Waals surface area (Å²) < 4.78 is 11.3. The fourth-order valence-electron chi connectivity index (χ4n) is 2.05. The highest BCUT2D eigenvalue weighted by Gasteiger charge is 2.17. The molecule has 0 saturated carbocycles. The summed E-state index contributed by atoms with van der Waals surface area (Å²) in [5, 5.41) is 3.24. The van der Waals surface area contributed by atoms with Gasteiger partial charge in [-0.05, 0) is 26.5 Å². The number of nitrogens with one attached hydrogen (secondary N) is 1. The summed E-state index contributed by atoms with van der Waals surface area (Å²) in [5.74, 6) is 1.54. The summed E-state index contributed by atoms with van der Waals surface area (Å²) in [5.41, 5.74) is 1.22. The first-order chi connectivity index (χ1) is 8.31. The van der Waals surface area contributed by atoms with Crippen molar-refractivity contribution in [3.8, 4) is 5.75 Å². The van der Waals surface area contributed by atoms with E-state index in [1.54, 1.807) is 0 Å². The Hall–Kier alpha value is -1.06. The van der Waals surface area contributed by atoms with Gasteiger partial charge in [0.1, 0.15) is 5.75 Å². The molecule has 1 heterocycles. The standard InChI is InChI=1S/C14H21NO2/c1-11(15-2)13-5-3-4-6-14(13)17-10-12-7-8-16-9-12/h3-6,11-12,15H,7-10H2,1-2H3. The highest BCUT2D eigenvalue weighted by molar-refractivity contribution is 5.35. The summed E-state index contributed by atoms with van der Waals surface area (Å²) in [6.07, 6.45) is 1.11. The highest BCUT2D eigenvalue weighted by atomic mass is 16.5. The summed E-state index contributed by atoms with van der Waals surface area (Å²) >= 11 is 0. The lowest BCUT2D eigenvalue weighted by atomic mass is 10.1. The van der Waals surface area contributed by atoms with Crippen LogP contribution in [0.5, 0.6) is 5.75 Å². The van der Waals surface area contributed by atoms with Gasteiger partial charge in [0.25, 0.3) is 0 Å². The molecule has 0 aromatic heterocycles. The van der Waals surface area contributed by atoms with E-state index in [4.69, 9.17) is 9.47 Å². The Morgan fingerprint density at radius 1 is 1.47 bits per heavy atom. The normalized spacial score (nSPS) is 21.4. The van der Waals surface area contributed by atoms with Crippen LogP contribution in [0.3, 0.4) is 0 Å². The summed E-state index contributed by atoms with van der Waals surface area (Å²) in [6, 6.07) is 8.54. The molecule has 0 aliphatic carbocycles. The van der Waals surface area contributed by atoms with E-state index in [0.29, 0.717) is 12.0 Å². The van der Waals surface area contributed by atoms with Crippen LogP contribution in [0.2, 0.25) is 0 Å². The molecule has 0 amide bonds. The monoisotopic (exact) mass is 235 g/mol. The van der Waals surface area contributed by atoms with Gasteiger partial charge < -0.3 is 14.8 Å². The van der Waals surface area contributed by atoms with Gasteiger partial charge in [0, 0.05) is 24.1 Å². The van der Waals surface area contributed by atoms with Crippen molar-refractivity contribution in [1.82, 2.24) is 5.32 Å². The molecule has 94 valence electrons. The Morgan fingerprint density at radius 2 is 2.29 bits per heavy atom. The number of hydrogen-bond acceptors (Lipinski definition) is 3. The number of benzene rings is 1. The molecular formula is C14H21NO2. The highest BCUT2D eigenvalue weighted by Crippen LogP contribution is 2.25. The molecule has 1 aliphatic heterocycles. The van der Waals surface area contributed by atoms with Gasteiger partial charge >= 0.3 is 0 Å². The van der Waals surface area contributed by atoms with E-state index in [9.17, 15) is 0 Å². The van der Waals surface area contributed by atoms with E-state index in [1.165, 1.54) is 5.56 Å². The van der Waals surface area contributed by atoms with Gasteiger partial charge in [0.05, 0.1) is 13.2 Å². The van der Waals surface area contributed by atoms with Crippen LogP contribution < -0.4 is 10.1 Å². The largest absolute Gasteiger partial charge is 0.493 e. The molecule has 2 atom stereocenters. The maximum absolute atomic E-state index is 5.92. The van der Waals surface area contributed by atoms with E-state index in [-0.39, 0.29) is 0 Å². The van der Waals surface area contributed by atoms with Gasteiger partial charge in [-0.15, -0.1) is 0 Å². The zero-order valence-electron chi connectivity index (χ0n) is 10.6. The van der Waals surface area contributed by atoms with E-state index in [0.717, 1.165) is 32.0 Å². The van der Waals surface area contributed by atoms with Gasteiger partial charge in [-0.25, -0.2) is 0 Å². The molecule has 1 N–H and O–H groups in total. The van der Waals surface area contributed by atoms with Gasteiger partial charge in [0.2, 0.25) is 0 Å². The molecule has 1 fully saturated rings. The van der Waals surface area contributed by atoms with Crippen molar-refractivity contribution in [2.75, 3.05) is 26.9 Å². The van der Waals surface area contributed by atoms with Crippen LogP contribution >= 0.6 is 0 Å². The van der Waals surface area contributed by atoms with Gasteiger partial charge in [-0.1, -0.05) is 18.2 Å². The molecule has 0 bridgehead atoms. The lowest BCUT2D eigenvalue weighted by Crippen LogP contribution is -2.16. The molecule has 2 rings (SSSR count). The minimum Gasteiger partial charge on any atom is -0.493 e. The van der Waals surface area contributed by atoms with E-state index in [1.807, 2.05) is 19.2 Å². The fourth-order valence-corrected chi connectivity index (χ4v) is 2.05. The van der Waals surface area contributed by atoms with Crippen LogP contribution in [0, 0.1) is 5.92 Å². The van der Waals surface area contributed by atoms with Crippen LogP contribution in [0.15, 0.2) is 24.3 Å². The third-order valence-electron chi connectivity index (χ3n) is 3.32. The van der Waals surface area contributed by atoms with Crippen LogP contribution in [-0.2, 0) is 4.74 Å². The number of rotatable bonds is 5. The molecule has 1 aromatic carbocycles. The average Bonchev–Trinajstić information content (AvgIpc) is 2.89. The Balaban J connectivity index is 1.98. The predicted molar refractivity (Wildman–Crippen MR) is 68.3 cm³/mol. The van der Waals surface area contributed by atoms with Crippen LogP contribution in [0.4, 0.5) is 0 Å². The first-order valence-electron chi connectivity index (χ1n) is 6.28. The Morgan fingerprint density at radius 3 is 3.00 bits per heavy atom. The molecular weight excluding hydrogens is 214 g/mol. The minimum atomic E-state index is 0.311. The molecule has 0 spiro atoms. The fraction of sp³-hybridized carbons (Fsp3) is 0.571. The van der Waals surface area contributed by atoms with Crippen molar-refractivity contribution in [1.29, 1.82) is 0 Å². The second-order valence-corrected chi connectivity index (χ2v) is 4.59. The lowest BCUT2D eigenvalue weighted by Gasteiger charge is -2.17. The lowest BCUT2D eigenvalue weighted by molar-refractivity contribution is 0.166. The van der Waals surface area contributed by atoms with Crippen molar-refractivity contribution in [3.05, 3.63) is 29.8 Å². The number of hydrogen-bond donors (Lipinski definition) is 1. The zero-order valence-corrected chi connectivity index (χ0v) is 10.6. The van der Waals surface area contributed by atoms with Gasteiger partial charge in [0.15, 0.2) is 0 Å². The second-order valence-electron chi connectivity index (χ2n) is 4.59. The average molecular weight is 235 g/mol. The molecule has 3 heteroatoms. The third kappa shape index (κ3) is 3.20. The predicted octanol–water partition coefficient (Wildman–Crippen LogP) is 2.38. The number of ether oxygens (including phenoxy) is 2. The maximum Gasteiger partial charge on any atom is 0.124 e. The van der Waals surface area contributed by atoms with Crippen LogP contribution in [0.1, 0.15) is 24.9 Å². The molecule has 3 nitrogen and oxygen atoms in total. The van der Waals surface area contributed by atoms with Gasteiger partial charge in [-0.3, -0.25) is 0 Å². The summed E-state index contributed by atoms with van der Waals surface area (Å²) in [4.78, 5) is 0. The Bertz CT molecular complexity index is 348. The molecule has 1 aromatic rings. The molecule has 2 unspecified atom stereocenters. The van der Waals surface area contributed by atoms with E-state index < -0.39 is 0 Å². The topological polar surface area (TPSA) is 30.5 Å². The second kappa shape index (κ2) is 6.03. The summed E-state index contributed by atoms with van der Waals surface area (Å²) in [6.45, 7) is 4.61. The summed E-state index contributed by atoms with van der Waals surface area (Å²) in [7, 11) is 1.96. The SMILES string of the molecule is CNC(C)c1ccccc1OCC1CCOC1. The van der Waals surface area contributed by atoms with E-state index >= 15 is 0 Å². The molecule has 1 aliphatic rings. The Labute approximate surface area is 103 Å². The smallest absolute Gasteiger partial charge is 0.124 e. The minimum absolute atomic E-state index is 0.311. The number of para-hydroxylation sites is 1.